The van der Waals surface area contributed by atoms with Crippen LogP contribution in [0.1, 0.15) is 31.9 Å². The van der Waals surface area contributed by atoms with Crippen LogP contribution in [-0.2, 0) is 0 Å². The molecule has 1 aliphatic heterocycles. The van der Waals surface area contributed by atoms with E-state index in [1.54, 1.807) is 0 Å². The van der Waals surface area contributed by atoms with Gasteiger partial charge in [-0.3, -0.25) is 4.90 Å². The highest BCUT2D eigenvalue weighted by molar-refractivity contribution is 5.85. The van der Waals surface area contributed by atoms with Gasteiger partial charge in [-0.2, -0.15) is 4.39 Å². The van der Waals surface area contributed by atoms with Crippen LogP contribution in [0.2, 0.25) is 0 Å². The molecule has 0 radical (unpaired) electrons. The highest BCUT2D eigenvalue weighted by atomic mass is 35.5. The Labute approximate surface area is 133 Å². The van der Waals surface area contributed by atoms with E-state index in [4.69, 9.17) is 0 Å². The summed E-state index contributed by atoms with van der Waals surface area (Å²) in [7, 11) is 0. The first-order chi connectivity index (χ1) is 8.74. The Bertz CT molecular complexity index is 386. The fraction of sp³-hybridized carbons (Fsp3) is 0.643. The van der Waals surface area contributed by atoms with Crippen LogP contribution in [0, 0.1) is 11.9 Å². The molecule has 1 N–H and O–H groups in total. The maximum absolute atomic E-state index is 13.9. The van der Waals surface area contributed by atoms with Crippen LogP contribution in [0.5, 0.6) is 0 Å². The highest BCUT2D eigenvalue weighted by Crippen LogP contribution is 2.31. The summed E-state index contributed by atoms with van der Waals surface area (Å²) in [5, 5.41) is 3.34. The monoisotopic (exact) mass is 323 g/mol. The molecule has 0 bridgehead atoms. The van der Waals surface area contributed by atoms with Gasteiger partial charge in [0.2, 0.25) is 5.95 Å². The molecule has 1 aliphatic rings. The van der Waals surface area contributed by atoms with E-state index in [0.717, 1.165) is 38.2 Å². The first kappa shape index (κ1) is 19.6. The van der Waals surface area contributed by atoms with Gasteiger partial charge in [0.1, 0.15) is 0 Å². The molecule has 0 aromatic carbocycles. The Hall–Kier alpha value is -0.420. The molecule has 2 atom stereocenters. The lowest BCUT2D eigenvalue weighted by Crippen LogP contribution is -2.46. The van der Waals surface area contributed by atoms with Gasteiger partial charge in [0.15, 0.2) is 0 Å². The van der Waals surface area contributed by atoms with Crippen LogP contribution in [0.15, 0.2) is 18.3 Å². The van der Waals surface area contributed by atoms with Crippen molar-refractivity contribution >= 4 is 24.8 Å². The van der Waals surface area contributed by atoms with Crippen molar-refractivity contribution in [1.82, 2.24) is 15.2 Å². The number of nitrogens with zero attached hydrogens (tertiary/aromatic N) is 2. The van der Waals surface area contributed by atoms with Gasteiger partial charge in [0.05, 0.1) is 0 Å². The number of piperazine rings is 1. The first-order valence-corrected chi connectivity index (χ1v) is 6.79. The summed E-state index contributed by atoms with van der Waals surface area (Å²) in [5.41, 5.74) is 0.744. The van der Waals surface area contributed by atoms with Crippen molar-refractivity contribution in [1.29, 1.82) is 0 Å². The Balaban J connectivity index is 0.00000180. The average Bonchev–Trinajstić information content (AvgIpc) is 2.42. The number of hydrogen-bond donors (Lipinski definition) is 1. The summed E-state index contributed by atoms with van der Waals surface area (Å²) in [6.07, 6.45) is 2.56. The average molecular weight is 324 g/mol. The molecule has 1 unspecified atom stereocenters. The zero-order valence-electron chi connectivity index (χ0n) is 12.0. The van der Waals surface area contributed by atoms with Crippen LogP contribution < -0.4 is 5.32 Å². The standard InChI is InChI=1S/C14H22FN3.2ClH/c1-3-11(2)13(18-9-7-16-8-10-18)12-5-4-6-17-14(12)15;;/h4-6,11,13,16H,3,7-10H2,1-2H3;2*1H/t11?,13-;;/m0../s1. The van der Waals surface area contributed by atoms with E-state index < -0.39 is 0 Å². The maximum Gasteiger partial charge on any atom is 0.217 e. The topological polar surface area (TPSA) is 28.2 Å². The molecular weight excluding hydrogens is 300 g/mol. The quantitative estimate of drug-likeness (QED) is 0.863. The number of nitrogens with one attached hydrogen (secondary N) is 1. The minimum Gasteiger partial charge on any atom is -0.314 e. The molecule has 1 saturated heterocycles. The molecule has 2 rings (SSSR count). The zero-order chi connectivity index (χ0) is 13.0. The minimum atomic E-state index is -0.318. The van der Waals surface area contributed by atoms with Gasteiger partial charge in [-0.15, -0.1) is 24.8 Å². The molecule has 1 aromatic heterocycles. The third-order valence-electron chi connectivity index (χ3n) is 3.83. The molecule has 116 valence electrons. The lowest BCUT2D eigenvalue weighted by atomic mass is 9.91. The molecule has 0 aliphatic carbocycles. The van der Waals surface area contributed by atoms with Crippen LogP contribution in [-0.4, -0.2) is 36.1 Å². The van der Waals surface area contributed by atoms with Crippen LogP contribution in [0.25, 0.3) is 0 Å². The van der Waals surface area contributed by atoms with Crippen molar-refractivity contribution in [2.45, 2.75) is 26.3 Å². The van der Waals surface area contributed by atoms with E-state index >= 15 is 0 Å². The molecule has 0 amide bonds. The molecule has 2 heterocycles. The maximum atomic E-state index is 13.9. The Kier molecular flexibility index (Phi) is 9.30. The second kappa shape index (κ2) is 9.50. The summed E-state index contributed by atoms with van der Waals surface area (Å²) in [6, 6.07) is 3.85. The van der Waals surface area contributed by atoms with Gasteiger partial charge < -0.3 is 5.32 Å². The molecule has 6 heteroatoms. The highest BCUT2D eigenvalue weighted by Gasteiger charge is 2.28. The number of rotatable bonds is 4. The summed E-state index contributed by atoms with van der Waals surface area (Å²) < 4.78 is 13.9. The van der Waals surface area contributed by atoms with Crippen molar-refractivity contribution in [3.63, 3.8) is 0 Å². The van der Waals surface area contributed by atoms with E-state index in [1.807, 2.05) is 12.1 Å². The molecule has 0 spiro atoms. The Morgan fingerprint density at radius 2 is 2.00 bits per heavy atom. The van der Waals surface area contributed by atoms with Crippen molar-refractivity contribution in [3.05, 3.63) is 29.8 Å². The van der Waals surface area contributed by atoms with Crippen molar-refractivity contribution in [2.24, 2.45) is 5.92 Å². The third kappa shape index (κ3) is 4.55. The lowest BCUT2D eigenvalue weighted by Gasteiger charge is -2.38. The Morgan fingerprint density at radius 3 is 2.55 bits per heavy atom. The van der Waals surface area contributed by atoms with Crippen molar-refractivity contribution < 1.29 is 4.39 Å². The van der Waals surface area contributed by atoms with Gasteiger partial charge in [-0.1, -0.05) is 26.3 Å². The largest absolute Gasteiger partial charge is 0.314 e. The molecular formula is C14H24Cl2FN3. The van der Waals surface area contributed by atoms with E-state index in [1.165, 1.54) is 6.20 Å². The molecule has 0 saturated carbocycles. The van der Waals surface area contributed by atoms with Gasteiger partial charge in [0, 0.05) is 44.0 Å². The Morgan fingerprint density at radius 1 is 1.35 bits per heavy atom. The fourth-order valence-corrected chi connectivity index (χ4v) is 2.67. The number of hydrogen-bond acceptors (Lipinski definition) is 3. The van der Waals surface area contributed by atoms with E-state index in [0.29, 0.717) is 5.92 Å². The molecule has 20 heavy (non-hydrogen) atoms. The first-order valence-electron chi connectivity index (χ1n) is 6.79. The van der Waals surface area contributed by atoms with Crippen LogP contribution >= 0.6 is 24.8 Å². The summed E-state index contributed by atoms with van der Waals surface area (Å²) in [4.78, 5) is 6.18. The fourth-order valence-electron chi connectivity index (χ4n) is 2.67. The normalized spacial score (nSPS) is 18.6. The number of halogens is 3. The molecule has 1 fully saturated rings. The second-order valence-corrected chi connectivity index (χ2v) is 5.00. The van der Waals surface area contributed by atoms with Gasteiger partial charge >= 0.3 is 0 Å². The van der Waals surface area contributed by atoms with E-state index in [2.05, 4.69) is 29.0 Å². The van der Waals surface area contributed by atoms with E-state index in [9.17, 15) is 4.39 Å². The predicted octanol–water partition coefficient (Wildman–Crippen LogP) is 3.06. The SMILES string of the molecule is CCC(C)[C@@H](c1cccnc1F)N1CCNCC1.Cl.Cl. The predicted molar refractivity (Wildman–Crippen MR) is 85.3 cm³/mol. The molecule has 1 aromatic rings. The third-order valence-corrected chi connectivity index (χ3v) is 3.83. The van der Waals surface area contributed by atoms with Gasteiger partial charge in [-0.05, 0) is 12.0 Å². The smallest absolute Gasteiger partial charge is 0.217 e. The number of pyridine rings is 1. The van der Waals surface area contributed by atoms with Crippen molar-refractivity contribution in [2.75, 3.05) is 26.2 Å². The minimum absolute atomic E-state index is 0. The van der Waals surface area contributed by atoms with E-state index in [-0.39, 0.29) is 36.8 Å². The summed E-state index contributed by atoms with van der Waals surface area (Å²) >= 11 is 0. The van der Waals surface area contributed by atoms with Crippen LogP contribution in [0.4, 0.5) is 4.39 Å². The van der Waals surface area contributed by atoms with Gasteiger partial charge in [0.25, 0.3) is 0 Å². The lowest BCUT2D eigenvalue weighted by molar-refractivity contribution is 0.125. The number of aromatic nitrogens is 1. The summed E-state index contributed by atoms with van der Waals surface area (Å²) in [6.45, 7) is 8.27. The van der Waals surface area contributed by atoms with Crippen LogP contribution in [0.3, 0.4) is 0 Å². The van der Waals surface area contributed by atoms with Crippen molar-refractivity contribution in [3.8, 4) is 0 Å². The summed E-state index contributed by atoms with van der Waals surface area (Å²) in [5.74, 6) is 0.114. The van der Waals surface area contributed by atoms with Gasteiger partial charge in [-0.25, -0.2) is 4.98 Å². The molecule has 3 nitrogen and oxygen atoms in total. The zero-order valence-corrected chi connectivity index (χ0v) is 13.6. The second-order valence-electron chi connectivity index (χ2n) is 5.00.